The van der Waals surface area contributed by atoms with Crippen LogP contribution in [0.1, 0.15) is 73.7 Å². The van der Waals surface area contributed by atoms with Crippen LogP contribution in [-0.4, -0.2) is 77.1 Å². The zero-order valence-corrected chi connectivity index (χ0v) is 27.1. The van der Waals surface area contributed by atoms with Gasteiger partial charge in [0.2, 0.25) is 11.8 Å². The summed E-state index contributed by atoms with van der Waals surface area (Å²) in [5.41, 5.74) is 0.976. The third kappa shape index (κ3) is 10.7. The molecule has 4 N–H and O–H groups in total. The molecule has 2 aromatic carbocycles. The number of benzene rings is 2. The molecule has 1 heterocycles. The molecular weight excluding hydrogens is 596 g/mol. The molecule has 0 aliphatic heterocycles. The number of aliphatic hydroxyl groups excluding tert-OH is 1. The van der Waals surface area contributed by atoms with Crippen LogP contribution in [-0.2, 0) is 11.2 Å². The van der Waals surface area contributed by atoms with E-state index in [2.05, 4.69) is 20.9 Å². The van der Waals surface area contributed by atoms with Crippen LogP contribution in [0, 0.1) is 17.6 Å². The maximum atomic E-state index is 14.1. The van der Waals surface area contributed by atoms with Crippen LogP contribution in [0.3, 0.4) is 0 Å². The molecule has 3 rings (SSSR count). The van der Waals surface area contributed by atoms with Crippen molar-refractivity contribution in [3.05, 3.63) is 77.2 Å². The van der Waals surface area contributed by atoms with E-state index in [1.165, 1.54) is 24.6 Å². The van der Waals surface area contributed by atoms with E-state index < -0.39 is 35.7 Å². The van der Waals surface area contributed by atoms with Crippen molar-refractivity contribution in [2.24, 2.45) is 5.92 Å². The van der Waals surface area contributed by atoms with E-state index in [1.807, 2.05) is 27.7 Å². The Labute approximate surface area is 269 Å². The van der Waals surface area contributed by atoms with Gasteiger partial charge in [-0.05, 0) is 68.0 Å². The molecule has 0 saturated carbocycles. The number of nitrogens with zero attached hydrogens (tertiary/aromatic N) is 2. The average molecular weight is 642 g/mol. The summed E-state index contributed by atoms with van der Waals surface area (Å²) in [7, 11) is 0. The van der Waals surface area contributed by atoms with Crippen molar-refractivity contribution in [2.45, 2.75) is 72.1 Å². The lowest BCUT2D eigenvalue weighted by Gasteiger charge is -2.26. The molecule has 0 fully saturated rings. The molecule has 0 aliphatic carbocycles. The normalized spacial score (nSPS) is 13.2. The first-order valence-electron chi connectivity index (χ1n) is 15.7. The summed E-state index contributed by atoms with van der Waals surface area (Å²) in [6.07, 6.45) is 2.95. The molecule has 10 nitrogen and oxygen atoms in total. The molecule has 0 aliphatic rings. The first-order valence-corrected chi connectivity index (χ1v) is 15.7. The van der Waals surface area contributed by atoms with E-state index >= 15 is 0 Å². The minimum Gasteiger partial charge on any atom is -0.445 e. The van der Waals surface area contributed by atoms with Gasteiger partial charge in [-0.1, -0.05) is 27.7 Å². The molecule has 3 amide bonds. The monoisotopic (exact) mass is 641 g/mol. The lowest BCUT2D eigenvalue weighted by molar-refractivity contribution is -0.123. The Hall–Kier alpha value is -4.16. The average Bonchev–Trinajstić information content (AvgIpc) is 3.56. The van der Waals surface area contributed by atoms with Gasteiger partial charge in [0.1, 0.15) is 17.9 Å². The molecule has 12 heteroatoms. The highest BCUT2D eigenvalue weighted by Gasteiger charge is 2.26. The van der Waals surface area contributed by atoms with Crippen LogP contribution >= 0.6 is 0 Å². The highest BCUT2D eigenvalue weighted by atomic mass is 19.1. The Morgan fingerprint density at radius 3 is 2.17 bits per heavy atom. The molecule has 1 aromatic heterocycles. The number of aliphatic hydroxyl groups is 1. The third-order valence-corrected chi connectivity index (χ3v) is 7.27. The minimum atomic E-state index is -1.27. The van der Waals surface area contributed by atoms with E-state index in [0.29, 0.717) is 25.2 Å². The summed E-state index contributed by atoms with van der Waals surface area (Å²) in [5.74, 6) is -2.28. The molecule has 0 spiro atoms. The second kappa shape index (κ2) is 17.5. The van der Waals surface area contributed by atoms with Crippen LogP contribution < -0.4 is 16.0 Å². The molecule has 3 atom stereocenters. The van der Waals surface area contributed by atoms with Crippen LogP contribution in [0.5, 0.6) is 0 Å². The first kappa shape index (κ1) is 36.3. The lowest BCUT2D eigenvalue weighted by Crippen LogP contribution is -2.52. The summed E-state index contributed by atoms with van der Waals surface area (Å²) in [6, 6.07) is 5.89. The predicted molar refractivity (Wildman–Crippen MR) is 171 cm³/mol. The molecule has 0 radical (unpaired) electrons. The summed E-state index contributed by atoms with van der Waals surface area (Å²) >= 11 is 0. The van der Waals surface area contributed by atoms with Crippen LogP contribution in [0.25, 0.3) is 11.5 Å². The maximum Gasteiger partial charge on any atom is 0.253 e. The smallest absolute Gasteiger partial charge is 0.253 e. The fourth-order valence-corrected chi connectivity index (χ4v) is 4.92. The van der Waals surface area contributed by atoms with Crippen LogP contribution in [0.15, 0.2) is 53.3 Å². The van der Waals surface area contributed by atoms with E-state index in [0.717, 1.165) is 31.0 Å². The number of amides is 3. The quantitative estimate of drug-likeness (QED) is 0.172. The Kier molecular flexibility index (Phi) is 13.8. The topological polar surface area (TPSA) is 137 Å². The van der Waals surface area contributed by atoms with Gasteiger partial charge in [0.05, 0.1) is 24.4 Å². The Bertz CT molecular complexity index is 1420. The van der Waals surface area contributed by atoms with E-state index in [-0.39, 0.29) is 53.3 Å². The van der Waals surface area contributed by atoms with Gasteiger partial charge >= 0.3 is 0 Å². The van der Waals surface area contributed by atoms with Gasteiger partial charge < -0.3 is 30.4 Å². The Morgan fingerprint density at radius 1 is 0.935 bits per heavy atom. The number of carbonyl (C=O) groups is 3. The van der Waals surface area contributed by atoms with E-state index in [4.69, 9.17) is 4.42 Å². The highest BCUT2D eigenvalue weighted by Crippen LogP contribution is 2.23. The van der Waals surface area contributed by atoms with Crippen molar-refractivity contribution < 1.29 is 32.7 Å². The van der Waals surface area contributed by atoms with Gasteiger partial charge in [-0.3, -0.25) is 14.4 Å². The van der Waals surface area contributed by atoms with Crippen molar-refractivity contribution in [3.63, 3.8) is 0 Å². The third-order valence-electron chi connectivity index (χ3n) is 7.27. The number of hydrogen-bond acceptors (Lipinski definition) is 7. The fourth-order valence-electron chi connectivity index (χ4n) is 4.92. The standard InChI is InChI=1S/C34H45F2N5O5/c1-6-9-41(10-7-2)34(45)26-16-24(15-25(17-26)33-37-8-11-46-33)32(44)40-29(14-23-12-27(35)18-28(36)13-23)30(42)20-38-22(5)31(43)39-19-21(3)4/h8,11-13,15-18,21-22,29-30,38,42H,6-7,9-10,14,19-20H2,1-5H3,(H,39,43)(H,40,44)/t22-,29-,30+/m0/s1. The van der Waals surface area contributed by atoms with Crippen molar-refractivity contribution in [1.82, 2.24) is 25.8 Å². The number of oxazole rings is 1. The molecule has 46 heavy (non-hydrogen) atoms. The van der Waals surface area contributed by atoms with Crippen molar-refractivity contribution >= 4 is 17.7 Å². The van der Waals surface area contributed by atoms with Gasteiger partial charge in [-0.2, -0.15) is 0 Å². The predicted octanol–water partition coefficient (Wildman–Crippen LogP) is 4.33. The number of hydrogen-bond donors (Lipinski definition) is 4. The van der Waals surface area contributed by atoms with Crippen LogP contribution in [0.2, 0.25) is 0 Å². The lowest BCUT2D eigenvalue weighted by atomic mass is 9.99. The summed E-state index contributed by atoms with van der Waals surface area (Å²) in [4.78, 5) is 45.6. The molecule has 250 valence electrons. The number of aromatic nitrogens is 1. The van der Waals surface area contributed by atoms with Crippen molar-refractivity contribution in [2.75, 3.05) is 26.2 Å². The van der Waals surface area contributed by atoms with Gasteiger partial charge in [0.15, 0.2) is 0 Å². The number of nitrogens with one attached hydrogen (secondary N) is 3. The van der Waals surface area contributed by atoms with Gasteiger partial charge in [0, 0.05) is 48.9 Å². The van der Waals surface area contributed by atoms with Crippen molar-refractivity contribution in [3.8, 4) is 11.5 Å². The van der Waals surface area contributed by atoms with Gasteiger partial charge in [-0.15, -0.1) is 0 Å². The zero-order valence-electron chi connectivity index (χ0n) is 27.1. The van der Waals surface area contributed by atoms with Gasteiger partial charge in [-0.25, -0.2) is 13.8 Å². The summed E-state index contributed by atoms with van der Waals surface area (Å²) in [6.45, 7) is 11.0. The van der Waals surface area contributed by atoms with Crippen molar-refractivity contribution in [1.29, 1.82) is 0 Å². The SMILES string of the molecule is CCCN(CCC)C(=O)c1cc(C(=O)N[C@@H](Cc2cc(F)cc(F)c2)[C@H](O)CN[C@@H](C)C(=O)NCC(C)C)cc(-c2ncco2)c1. The Balaban J connectivity index is 1.91. The first-order chi connectivity index (χ1) is 21.9. The molecule has 0 bridgehead atoms. The number of carbonyl (C=O) groups excluding carboxylic acids is 3. The van der Waals surface area contributed by atoms with Crippen LogP contribution in [0.4, 0.5) is 8.78 Å². The largest absolute Gasteiger partial charge is 0.445 e. The molecule has 0 unspecified atom stereocenters. The van der Waals surface area contributed by atoms with E-state index in [1.54, 1.807) is 17.9 Å². The number of rotatable bonds is 17. The fraction of sp³-hybridized carbons (Fsp3) is 0.471. The maximum absolute atomic E-state index is 14.1. The molecule has 0 saturated heterocycles. The molecule has 3 aromatic rings. The summed E-state index contributed by atoms with van der Waals surface area (Å²) < 4.78 is 33.6. The minimum absolute atomic E-state index is 0.101. The number of halogens is 2. The second-order valence-electron chi connectivity index (χ2n) is 11.8. The van der Waals surface area contributed by atoms with E-state index in [9.17, 15) is 28.3 Å². The molecular formula is C34H45F2N5O5. The zero-order chi connectivity index (χ0) is 33.8. The highest BCUT2D eigenvalue weighted by molar-refractivity contribution is 6.01. The Morgan fingerprint density at radius 2 is 1.59 bits per heavy atom. The summed E-state index contributed by atoms with van der Waals surface area (Å²) in [5, 5.41) is 19.8. The second-order valence-corrected chi connectivity index (χ2v) is 11.8. The van der Waals surface area contributed by atoms with Gasteiger partial charge in [0.25, 0.3) is 11.8 Å².